The van der Waals surface area contributed by atoms with Crippen LogP contribution in [-0.2, 0) is 19.4 Å². The molecule has 0 aliphatic carbocycles. The molecule has 2 atom stereocenters. The van der Waals surface area contributed by atoms with Gasteiger partial charge in [0.25, 0.3) is 0 Å². The average molecular weight is 351 g/mol. The van der Waals surface area contributed by atoms with Crippen molar-refractivity contribution in [2.75, 3.05) is 13.1 Å². The lowest BCUT2D eigenvalue weighted by Crippen LogP contribution is -2.47. The summed E-state index contributed by atoms with van der Waals surface area (Å²) in [5.41, 5.74) is -0.620. The maximum atomic E-state index is 12.2. The Morgan fingerprint density at radius 2 is 2.04 bits per heavy atom. The number of hydroxylamine groups is 2. The number of nitrogens with one attached hydrogen (secondary N) is 1. The van der Waals surface area contributed by atoms with Gasteiger partial charge in [-0.3, -0.25) is 4.55 Å². The largest absolute Gasteiger partial charge is 0.444 e. The van der Waals surface area contributed by atoms with Crippen LogP contribution in [-0.4, -0.2) is 65.8 Å². The zero-order valence-electron chi connectivity index (χ0n) is 13.2. The highest BCUT2D eigenvalue weighted by Gasteiger charge is 2.47. The van der Waals surface area contributed by atoms with Gasteiger partial charge in [0.2, 0.25) is 0 Å². The van der Waals surface area contributed by atoms with Crippen molar-refractivity contribution in [2.24, 2.45) is 0 Å². The van der Waals surface area contributed by atoms with E-state index in [1.165, 1.54) is 4.90 Å². The number of hydrogen-bond donors (Lipinski definition) is 2. The molecule has 2 bridgehead atoms. The molecule has 0 aromatic carbocycles. The predicted octanol–water partition coefficient (Wildman–Crippen LogP) is 0.514. The van der Waals surface area contributed by atoms with Crippen molar-refractivity contribution in [3.05, 3.63) is 0 Å². The van der Waals surface area contributed by atoms with Crippen molar-refractivity contribution in [2.45, 2.75) is 51.3 Å². The number of carbonyl (C=O) groups excluding carboxylic acids is 2. The number of amides is 3. The van der Waals surface area contributed by atoms with Gasteiger partial charge in [-0.15, -0.1) is 4.28 Å². The normalized spacial score (nSPS) is 24.8. The standard InChI is InChI=1S/C12H21N3O7S/c1-12(2,3)21-10(16)13-6-8-4-5-9-7-14(8)11(17)15(9)22-23(18,19)20/h8-9H,4-7H2,1-3H3,(H,13,16)(H,18,19,20)/t8-,9+/m0/s1. The second-order valence-corrected chi connectivity index (χ2v) is 7.54. The predicted molar refractivity (Wildman–Crippen MR) is 77.6 cm³/mol. The minimum atomic E-state index is -4.75. The highest BCUT2D eigenvalue weighted by atomic mass is 32.3. The van der Waals surface area contributed by atoms with Crippen LogP contribution in [0.5, 0.6) is 0 Å². The molecule has 3 amide bonds. The third kappa shape index (κ3) is 4.69. The molecular formula is C12H21N3O7S. The fourth-order valence-corrected chi connectivity index (χ4v) is 3.03. The van der Waals surface area contributed by atoms with Crippen LogP contribution in [0, 0.1) is 0 Å². The number of nitrogens with zero attached hydrogens (tertiary/aromatic N) is 2. The van der Waals surface area contributed by atoms with Gasteiger partial charge in [0.05, 0.1) is 12.1 Å². The first kappa shape index (κ1) is 17.8. The SMILES string of the molecule is CC(C)(C)OC(=O)NC[C@@H]1CC[C@@H]2CN1C(=O)N2OS(=O)(=O)O. The second-order valence-electron chi connectivity index (χ2n) is 6.53. The van der Waals surface area contributed by atoms with E-state index in [2.05, 4.69) is 9.60 Å². The molecule has 2 aliphatic rings. The average Bonchev–Trinajstić information content (AvgIpc) is 2.60. The fourth-order valence-electron chi connectivity index (χ4n) is 2.64. The van der Waals surface area contributed by atoms with E-state index < -0.39 is 34.2 Å². The van der Waals surface area contributed by atoms with Crippen LogP contribution in [0.15, 0.2) is 0 Å². The molecule has 0 saturated carbocycles. The van der Waals surface area contributed by atoms with E-state index in [9.17, 15) is 18.0 Å². The summed E-state index contributed by atoms with van der Waals surface area (Å²) in [7, 11) is -4.75. The Morgan fingerprint density at radius 1 is 1.39 bits per heavy atom. The number of urea groups is 1. The van der Waals surface area contributed by atoms with Crippen LogP contribution in [0.2, 0.25) is 0 Å². The summed E-state index contributed by atoms with van der Waals surface area (Å²) in [6.45, 7) is 5.69. The molecule has 0 aromatic rings. The molecule has 2 saturated heterocycles. The molecular weight excluding hydrogens is 330 g/mol. The molecule has 0 spiro atoms. The maximum Gasteiger partial charge on any atom is 0.418 e. The second kappa shape index (κ2) is 6.13. The van der Waals surface area contributed by atoms with Crippen LogP contribution >= 0.6 is 0 Å². The molecule has 0 aromatic heterocycles. The van der Waals surface area contributed by atoms with Crippen molar-refractivity contribution >= 4 is 22.5 Å². The zero-order valence-corrected chi connectivity index (χ0v) is 14.0. The van der Waals surface area contributed by atoms with Crippen LogP contribution in [0.3, 0.4) is 0 Å². The molecule has 2 fully saturated rings. The fraction of sp³-hybridized carbons (Fsp3) is 0.833. The molecule has 23 heavy (non-hydrogen) atoms. The number of carbonyl (C=O) groups is 2. The van der Waals surface area contributed by atoms with E-state index in [0.717, 1.165) is 0 Å². The molecule has 132 valence electrons. The van der Waals surface area contributed by atoms with Gasteiger partial charge in [0.15, 0.2) is 0 Å². The Morgan fingerprint density at radius 3 is 2.61 bits per heavy atom. The Kier molecular flexibility index (Phi) is 4.74. The van der Waals surface area contributed by atoms with E-state index >= 15 is 0 Å². The van der Waals surface area contributed by atoms with Crippen LogP contribution in [0.4, 0.5) is 9.59 Å². The molecule has 0 radical (unpaired) electrons. The quantitative estimate of drug-likeness (QED) is 0.707. The van der Waals surface area contributed by atoms with Gasteiger partial charge in [-0.2, -0.15) is 13.5 Å². The molecule has 2 rings (SSSR count). The summed E-state index contributed by atoms with van der Waals surface area (Å²) in [6, 6.07) is -1.38. The summed E-state index contributed by atoms with van der Waals surface area (Å²) >= 11 is 0. The monoisotopic (exact) mass is 351 g/mol. The van der Waals surface area contributed by atoms with E-state index in [1.807, 2.05) is 0 Å². The summed E-state index contributed by atoms with van der Waals surface area (Å²) in [5.74, 6) is 0. The minimum Gasteiger partial charge on any atom is -0.444 e. The molecule has 2 N–H and O–H groups in total. The van der Waals surface area contributed by atoms with Gasteiger partial charge in [-0.05, 0) is 33.6 Å². The summed E-state index contributed by atoms with van der Waals surface area (Å²) < 4.78 is 39.8. The van der Waals surface area contributed by atoms with Gasteiger partial charge < -0.3 is 15.0 Å². The summed E-state index contributed by atoms with van der Waals surface area (Å²) in [4.78, 5) is 25.2. The zero-order chi connectivity index (χ0) is 17.4. The Hall–Kier alpha value is -1.59. The van der Waals surface area contributed by atoms with Gasteiger partial charge >= 0.3 is 22.5 Å². The van der Waals surface area contributed by atoms with Crippen LogP contribution in [0.1, 0.15) is 33.6 Å². The smallest absolute Gasteiger partial charge is 0.418 e. The van der Waals surface area contributed by atoms with Gasteiger partial charge in [-0.1, -0.05) is 0 Å². The molecule has 2 heterocycles. The third-order valence-corrected chi connectivity index (χ3v) is 3.85. The van der Waals surface area contributed by atoms with Crippen molar-refractivity contribution < 1.29 is 31.6 Å². The number of hydrogen-bond acceptors (Lipinski definition) is 6. The number of piperidine rings is 1. The van der Waals surface area contributed by atoms with Crippen molar-refractivity contribution in [3.63, 3.8) is 0 Å². The van der Waals surface area contributed by atoms with Gasteiger partial charge in [0.1, 0.15) is 5.60 Å². The van der Waals surface area contributed by atoms with E-state index in [0.29, 0.717) is 17.9 Å². The van der Waals surface area contributed by atoms with Crippen LogP contribution < -0.4 is 5.32 Å². The summed E-state index contributed by atoms with van der Waals surface area (Å²) in [6.07, 6.45) is 0.480. The lowest BCUT2D eigenvalue weighted by atomic mass is 10.0. The van der Waals surface area contributed by atoms with Gasteiger partial charge in [0, 0.05) is 13.1 Å². The lowest BCUT2D eigenvalue weighted by Gasteiger charge is -2.30. The molecule has 2 aliphatic heterocycles. The topological polar surface area (TPSA) is 125 Å². The third-order valence-electron chi connectivity index (χ3n) is 3.50. The van der Waals surface area contributed by atoms with Crippen molar-refractivity contribution in [3.8, 4) is 0 Å². The van der Waals surface area contributed by atoms with E-state index in [1.54, 1.807) is 20.8 Å². The minimum absolute atomic E-state index is 0.188. The Balaban J connectivity index is 1.93. The van der Waals surface area contributed by atoms with Crippen LogP contribution in [0.25, 0.3) is 0 Å². The van der Waals surface area contributed by atoms with E-state index in [-0.39, 0.29) is 19.1 Å². The van der Waals surface area contributed by atoms with Gasteiger partial charge in [-0.25, -0.2) is 9.59 Å². The first-order chi connectivity index (χ1) is 10.5. The maximum absolute atomic E-state index is 12.2. The number of fused-ring (bicyclic) bond motifs is 2. The lowest BCUT2D eigenvalue weighted by molar-refractivity contribution is -0.0317. The first-order valence-electron chi connectivity index (χ1n) is 7.20. The van der Waals surface area contributed by atoms with E-state index in [4.69, 9.17) is 9.29 Å². The van der Waals surface area contributed by atoms with Crippen molar-refractivity contribution in [1.82, 2.24) is 15.3 Å². The summed E-state index contributed by atoms with van der Waals surface area (Å²) in [5, 5.41) is 3.26. The highest BCUT2D eigenvalue weighted by Crippen LogP contribution is 2.30. The Labute approximate surface area is 134 Å². The number of rotatable bonds is 4. The molecule has 0 unspecified atom stereocenters. The van der Waals surface area contributed by atoms with Crippen molar-refractivity contribution in [1.29, 1.82) is 0 Å². The number of ether oxygens (including phenoxy) is 1. The highest BCUT2D eigenvalue weighted by molar-refractivity contribution is 7.80. The molecule has 10 nitrogen and oxygen atoms in total. The number of alkyl carbamates (subject to hydrolysis) is 1. The molecule has 11 heteroatoms. The Bertz CT molecular complexity index is 586. The first-order valence-corrected chi connectivity index (χ1v) is 8.56.